The van der Waals surface area contributed by atoms with E-state index >= 15 is 0 Å². The molecule has 2 aromatic rings. The van der Waals surface area contributed by atoms with Gasteiger partial charge in [-0.05, 0) is 68.7 Å². The van der Waals surface area contributed by atoms with Gasteiger partial charge in [0.05, 0.1) is 10.6 Å². The summed E-state index contributed by atoms with van der Waals surface area (Å²) in [6, 6.07) is 8.40. The lowest BCUT2D eigenvalue weighted by molar-refractivity contribution is -0.124. The summed E-state index contributed by atoms with van der Waals surface area (Å²) in [6.07, 6.45) is 0.960. The Balaban J connectivity index is 1.72. The van der Waals surface area contributed by atoms with Crippen LogP contribution in [0.25, 0.3) is 0 Å². The predicted molar refractivity (Wildman–Crippen MR) is 115 cm³/mol. The topological polar surface area (TPSA) is 69.7 Å². The summed E-state index contributed by atoms with van der Waals surface area (Å²) in [5.74, 6) is -1.26. The van der Waals surface area contributed by atoms with Gasteiger partial charge in [0.25, 0.3) is 0 Å². The molecule has 9 heteroatoms. The van der Waals surface area contributed by atoms with Crippen LogP contribution in [0.15, 0.2) is 47.4 Å². The molecule has 0 bridgehead atoms. The van der Waals surface area contributed by atoms with E-state index in [2.05, 4.69) is 5.32 Å². The van der Waals surface area contributed by atoms with E-state index in [1.807, 2.05) is 18.7 Å². The number of hydrogen-bond donors (Lipinski definition) is 1. The first-order valence-corrected chi connectivity index (χ1v) is 11.8. The molecule has 1 fully saturated rings. The van der Waals surface area contributed by atoms with Crippen molar-refractivity contribution in [1.29, 1.82) is 0 Å². The minimum Gasteiger partial charge on any atom is -0.370 e. The number of carbonyl (C=O) groups is 1. The summed E-state index contributed by atoms with van der Waals surface area (Å²) in [4.78, 5) is 14.6. The number of halogens is 2. The molecule has 2 aromatic carbocycles. The van der Waals surface area contributed by atoms with E-state index in [0.717, 1.165) is 17.7 Å². The average Bonchev–Trinajstić information content (AvgIpc) is 3.26. The Morgan fingerprint density at radius 3 is 2.45 bits per heavy atom. The van der Waals surface area contributed by atoms with Gasteiger partial charge in [-0.25, -0.2) is 17.2 Å². The zero-order valence-corrected chi connectivity index (χ0v) is 18.5. The van der Waals surface area contributed by atoms with Gasteiger partial charge in [-0.3, -0.25) is 4.79 Å². The number of amides is 1. The molecule has 1 unspecified atom stereocenters. The van der Waals surface area contributed by atoms with E-state index in [9.17, 15) is 22.0 Å². The molecule has 31 heavy (non-hydrogen) atoms. The highest BCUT2D eigenvalue weighted by molar-refractivity contribution is 7.89. The van der Waals surface area contributed by atoms with Crippen molar-refractivity contribution in [1.82, 2.24) is 9.62 Å². The Kier molecular flexibility index (Phi) is 7.27. The lowest BCUT2D eigenvalue weighted by Gasteiger charge is -2.24. The number of sulfonamides is 1. The molecule has 1 aliphatic heterocycles. The SMILES string of the molecule is CCN(CC)c1cc(CNC(=O)C2CCCN2S(=O)(=O)c2ccc(F)cc2)ccc1F. The van der Waals surface area contributed by atoms with Crippen LogP contribution in [0.5, 0.6) is 0 Å². The van der Waals surface area contributed by atoms with Crippen molar-refractivity contribution in [2.75, 3.05) is 24.5 Å². The highest BCUT2D eigenvalue weighted by Gasteiger charge is 2.39. The molecule has 3 rings (SSSR count). The number of nitrogens with one attached hydrogen (secondary N) is 1. The zero-order valence-electron chi connectivity index (χ0n) is 17.6. The molecule has 1 saturated heterocycles. The van der Waals surface area contributed by atoms with Crippen LogP contribution in [0.1, 0.15) is 32.3 Å². The van der Waals surface area contributed by atoms with Crippen LogP contribution < -0.4 is 10.2 Å². The number of anilines is 1. The van der Waals surface area contributed by atoms with Crippen LogP contribution in [0.3, 0.4) is 0 Å². The van der Waals surface area contributed by atoms with Crippen molar-refractivity contribution < 1.29 is 22.0 Å². The van der Waals surface area contributed by atoms with E-state index < -0.39 is 27.8 Å². The Morgan fingerprint density at radius 1 is 1.13 bits per heavy atom. The average molecular weight is 452 g/mol. The molecular weight excluding hydrogens is 424 g/mol. The molecular formula is C22H27F2N3O3S. The Morgan fingerprint density at radius 2 is 1.81 bits per heavy atom. The Labute approximate surface area is 181 Å². The Bertz CT molecular complexity index is 1020. The summed E-state index contributed by atoms with van der Waals surface area (Å²) < 4.78 is 54.4. The van der Waals surface area contributed by atoms with Gasteiger partial charge in [-0.15, -0.1) is 0 Å². The molecule has 0 spiro atoms. The number of rotatable bonds is 8. The van der Waals surface area contributed by atoms with Crippen LogP contribution >= 0.6 is 0 Å². The van der Waals surface area contributed by atoms with E-state index in [1.165, 1.54) is 22.5 Å². The lowest BCUT2D eigenvalue weighted by Crippen LogP contribution is -2.45. The summed E-state index contributed by atoms with van der Waals surface area (Å²) in [7, 11) is -3.91. The number of nitrogens with zero attached hydrogens (tertiary/aromatic N) is 2. The van der Waals surface area contributed by atoms with Crippen LogP contribution in [0, 0.1) is 11.6 Å². The second-order valence-corrected chi connectivity index (χ2v) is 9.29. The molecule has 1 aliphatic rings. The van der Waals surface area contributed by atoms with Crippen molar-refractivity contribution in [2.45, 2.75) is 44.2 Å². The van der Waals surface area contributed by atoms with Crippen molar-refractivity contribution in [3.8, 4) is 0 Å². The fourth-order valence-electron chi connectivity index (χ4n) is 3.81. The Hall–Kier alpha value is -2.52. The molecule has 0 aromatic heterocycles. The third-order valence-corrected chi connectivity index (χ3v) is 7.43. The molecule has 0 aliphatic carbocycles. The van der Waals surface area contributed by atoms with Gasteiger partial charge < -0.3 is 10.2 Å². The minimum atomic E-state index is -3.91. The van der Waals surface area contributed by atoms with E-state index in [4.69, 9.17) is 0 Å². The summed E-state index contributed by atoms with van der Waals surface area (Å²) >= 11 is 0. The third-order valence-electron chi connectivity index (χ3n) is 5.51. The summed E-state index contributed by atoms with van der Waals surface area (Å²) in [6.45, 7) is 5.57. The number of benzene rings is 2. The highest BCUT2D eigenvalue weighted by atomic mass is 32.2. The molecule has 1 atom stereocenters. The molecule has 1 N–H and O–H groups in total. The monoisotopic (exact) mass is 451 g/mol. The van der Waals surface area contributed by atoms with Gasteiger partial charge in [-0.2, -0.15) is 4.31 Å². The maximum absolute atomic E-state index is 14.2. The van der Waals surface area contributed by atoms with Crippen molar-refractivity contribution in [3.63, 3.8) is 0 Å². The van der Waals surface area contributed by atoms with Gasteiger partial charge >= 0.3 is 0 Å². The van der Waals surface area contributed by atoms with Gasteiger partial charge in [0.1, 0.15) is 17.7 Å². The van der Waals surface area contributed by atoms with Crippen LogP contribution in [0.2, 0.25) is 0 Å². The lowest BCUT2D eigenvalue weighted by atomic mass is 10.1. The quantitative estimate of drug-likeness (QED) is 0.669. The van der Waals surface area contributed by atoms with E-state index in [-0.39, 0.29) is 23.8 Å². The van der Waals surface area contributed by atoms with Crippen LogP contribution in [-0.2, 0) is 21.4 Å². The van der Waals surface area contributed by atoms with Crippen molar-refractivity contribution in [3.05, 3.63) is 59.7 Å². The normalized spacial score (nSPS) is 17.0. The fourth-order valence-corrected chi connectivity index (χ4v) is 5.47. The first-order chi connectivity index (χ1) is 14.8. The van der Waals surface area contributed by atoms with Crippen LogP contribution in [-0.4, -0.2) is 44.3 Å². The largest absolute Gasteiger partial charge is 0.370 e. The van der Waals surface area contributed by atoms with Crippen molar-refractivity contribution in [2.24, 2.45) is 0 Å². The fraction of sp³-hybridized carbons (Fsp3) is 0.409. The molecule has 6 nitrogen and oxygen atoms in total. The van der Waals surface area contributed by atoms with E-state index in [0.29, 0.717) is 31.6 Å². The molecule has 1 heterocycles. The van der Waals surface area contributed by atoms with Crippen LogP contribution in [0.4, 0.5) is 14.5 Å². The second kappa shape index (κ2) is 9.74. The molecule has 0 radical (unpaired) electrons. The number of carbonyl (C=O) groups excluding carboxylic acids is 1. The smallest absolute Gasteiger partial charge is 0.243 e. The summed E-state index contributed by atoms with van der Waals surface area (Å²) in [5.41, 5.74) is 1.20. The minimum absolute atomic E-state index is 0.0454. The van der Waals surface area contributed by atoms with Gasteiger partial charge in [0, 0.05) is 26.2 Å². The second-order valence-electron chi connectivity index (χ2n) is 7.40. The first kappa shape index (κ1) is 23.1. The predicted octanol–water partition coefficient (Wildman–Crippen LogP) is 3.28. The maximum Gasteiger partial charge on any atom is 0.243 e. The maximum atomic E-state index is 14.2. The molecule has 0 saturated carbocycles. The van der Waals surface area contributed by atoms with E-state index in [1.54, 1.807) is 12.1 Å². The highest BCUT2D eigenvalue weighted by Crippen LogP contribution is 2.27. The number of hydrogen-bond acceptors (Lipinski definition) is 4. The van der Waals surface area contributed by atoms with Gasteiger partial charge in [0.15, 0.2) is 0 Å². The van der Waals surface area contributed by atoms with Gasteiger partial charge in [-0.1, -0.05) is 6.07 Å². The zero-order chi connectivity index (χ0) is 22.6. The van der Waals surface area contributed by atoms with Crippen molar-refractivity contribution >= 4 is 21.6 Å². The molecule has 168 valence electrons. The first-order valence-electron chi connectivity index (χ1n) is 10.4. The third kappa shape index (κ3) is 5.04. The molecule has 1 amide bonds. The summed E-state index contributed by atoms with van der Waals surface area (Å²) in [5, 5.41) is 2.78. The van der Waals surface area contributed by atoms with Gasteiger partial charge in [0.2, 0.25) is 15.9 Å². The standard InChI is InChI=1S/C22H27F2N3O3S/c1-3-26(4-2)21-14-16(7-12-19(21)24)15-25-22(28)20-6-5-13-27(20)31(29,30)18-10-8-17(23)9-11-18/h7-12,14,20H,3-6,13,15H2,1-2H3,(H,25,28).